The second-order valence-corrected chi connectivity index (χ2v) is 9.41. The molecule has 0 aliphatic carbocycles. The third-order valence-corrected chi connectivity index (χ3v) is 5.49. The molecule has 1 aliphatic rings. The molecule has 10 heteroatoms. The molecular formula is C23H22N4O5S. The lowest BCUT2D eigenvalue weighted by Crippen LogP contribution is -2.31. The van der Waals surface area contributed by atoms with Crippen molar-refractivity contribution in [2.45, 2.75) is 19.4 Å². The SMILES string of the molecule is CC(=O)Nc1cccc(-c2ccnc3c2CC(C(=O)Nc2cccc(NS(C)(=O)=O)c2)O3)c1. The third kappa shape index (κ3) is 5.47. The Morgan fingerprint density at radius 3 is 2.42 bits per heavy atom. The molecule has 2 aromatic carbocycles. The highest BCUT2D eigenvalue weighted by Gasteiger charge is 2.32. The maximum absolute atomic E-state index is 12.9. The van der Waals surface area contributed by atoms with Gasteiger partial charge in [-0.25, -0.2) is 13.4 Å². The zero-order valence-corrected chi connectivity index (χ0v) is 18.8. The van der Waals surface area contributed by atoms with E-state index in [9.17, 15) is 18.0 Å². The highest BCUT2D eigenvalue weighted by molar-refractivity contribution is 7.92. The predicted molar refractivity (Wildman–Crippen MR) is 126 cm³/mol. The summed E-state index contributed by atoms with van der Waals surface area (Å²) >= 11 is 0. The van der Waals surface area contributed by atoms with Gasteiger partial charge in [-0.1, -0.05) is 18.2 Å². The van der Waals surface area contributed by atoms with Crippen LogP contribution in [-0.4, -0.2) is 37.6 Å². The van der Waals surface area contributed by atoms with Crippen molar-refractivity contribution in [2.75, 3.05) is 21.6 Å². The minimum atomic E-state index is -3.43. The molecule has 4 rings (SSSR count). The van der Waals surface area contributed by atoms with E-state index >= 15 is 0 Å². The molecule has 0 spiro atoms. The summed E-state index contributed by atoms with van der Waals surface area (Å²) < 4.78 is 31.1. The highest BCUT2D eigenvalue weighted by atomic mass is 32.2. The molecule has 1 aliphatic heterocycles. The summed E-state index contributed by atoms with van der Waals surface area (Å²) in [5.41, 5.74) is 3.97. The zero-order valence-electron chi connectivity index (χ0n) is 18.0. The van der Waals surface area contributed by atoms with Crippen molar-refractivity contribution >= 4 is 38.9 Å². The van der Waals surface area contributed by atoms with E-state index in [2.05, 4.69) is 20.3 Å². The van der Waals surface area contributed by atoms with Crippen molar-refractivity contribution in [1.82, 2.24) is 4.98 Å². The van der Waals surface area contributed by atoms with Gasteiger partial charge < -0.3 is 15.4 Å². The molecule has 170 valence electrons. The number of rotatable bonds is 6. The molecule has 9 nitrogen and oxygen atoms in total. The first-order chi connectivity index (χ1) is 15.7. The van der Waals surface area contributed by atoms with Crippen LogP contribution in [0.25, 0.3) is 11.1 Å². The van der Waals surface area contributed by atoms with Crippen molar-refractivity contribution < 1.29 is 22.7 Å². The molecule has 2 heterocycles. The number of sulfonamides is 1. The van der Waals surface area contributed by atoms with Crippen LogP contribution in [0.3, 0.4) is 0 Å². The Morgan fingerprint density at radius 2 is 1.70 bits per heavy atom. The Bertz CT molecular complexity index is 1340. The third-order valence-electron chi connectivity index (χ3n) is 4.88. The van der Waals surface area contributed by atoms with Crippen LogP contribution >= 0.6 is 0 Å². The Labute approximate surface area is 191 Å². The maximum atomic E-state index is 12.9. The molecule has 33 heavy (non-hydrogen) atoms. The predicted octanol–water partition coefficient (Wildman–Crippen LogP) is 3.02. The van der Waals surface area contributed by atoms with Crippen LogP contribution in [0.2, 0.25) is 0 Å². The molecule has 1 unspecified atom stereocenters. The fourth-order valence-corrected chi connectivity index (χ4v) is 4.17. The summed E-state index contributed by atoms with van der Waals surface area (Å²) in [6.45, 7) is 1.45. The minimum absolute atomic E-state index is 0.164. The van der Waals surface area contributed by atoms with Gasteiger partial charge in [-0.05, 0) is 47.5 Å². The minimum Gasteiger partial charge on any atom is -0.464 e. The number of pyridine rings is 1. The van der Waals surface area contributed by atoms with Crippen molar-refractivity contribution in [3.05, 3.63) is 66.4 Å². The smallest absolute Gasteiger partial charge is 0.265 e. The molecule has 0 fully saturated rings. The number of nitrogens with zero attached hydrogens (tertiary/aromatic N) is 1. The van der Waals surface area contributed by atoms with Crippen molar-refractivity contribution in [2.24, 2.45) is 0 Å². The fraction of sp³-hybridized carbons (Fsp3) is 0.174. The first kappa shape index (κ1) is 22.3. The van der Waals surface area contributed by atoms with Gasteiger partial charge >= 0.3 is 0 Å². The van der Waals surface area contributed by atoms with Crippen molar-refractivity contribution in [1.29, 1.82) is 0 Å². The van der Waals surface area contributed by atoms with Crippen LogP contribution < -0.4 is 20.1 Å². The monoisotopic (exact) mass is 466 g/mol. The van der Waals surface area contributed by atoms with Gasteiger partial charge in [0.15, 0.2) is 6.10 Å². The number of carbonyl (C=O) groups excluding carboxylic acids is 2. The van der Waals surface area contributed by atoms with Gasteiger partial charge in [0, 0.05) is 36.5 Å². The van der Waals surface area contributed by atoms with Crippen molar-refractivity contribution in [3.8, 4) is 17.0 Å². The summed E-state index contributed by atoms with van der Waals surface area (Å²) in [7, 11) is -3.43. The average Bonchev–Trinajstić information content (AvgIpc) is 3.17. The van der Waals surface area contributed by atoms with Gasteiger partial charge in [0.2, 0.25) is 21.8 Å². The number of anilines is 3. The number of hydrogen-bond donors (Lipinski definition) is 3. The molecule has 0 bridgehead atoms. The van der Waals surface area contributed by atoms with Gasteiger partial charge in [-0.15, -0.1) is 0 Å². The van der Waals surface area contributed by atoms with Crippen LogP contribution in [0.15, 0.2) is 60.8 Å². The number of fused-ring (bicyclic) bond motifs is 1. The number of hydrogen-bond acceptors (Lipinski definition) is 6. The van der Waals surface area contributed by atoms with Gasteiger partial charge in [0.05, 0.1) is 11.9 Å². The summed E-state index contributed by atoms with van der Waals surface area (Å²) in [6.07, 6.45) is 2.19. The van der Waals surface area contributed by atoms with Crippen LogP contribution in [0.1, 0.15) is 12.5 Å². The number of ether oxygens (including phenoxy) is 1. The summed E-state index contributed by atoms with van der Waals surface area (Å²) in [5.74, 6) is -0.157. The largest absolute Gasteiger partial charge is 0.464 e. The van der Waals surface area contributed by atoms with E-state index in [1.165, 1.54) is 13.0 Å². The summed E-state index contributed by atoms with van der Waals surface area (Å²) in [5, 5.41) is 5.52. The Kier molecular flexibility index (Phi) is 6.01. The van der Waals surface area contributed by atoms with E-state index in [0.717, 1.165) is 22.9 Å². The van der Waals surface area contributed by atoms with Crippen LogP contribution in [-0.2, 0) is 26.0 Å². The van der Waals surface area contributed by atoms with Crippen LogP contribution in [0, 0.1) is 0 Å². The lowest BCUT2D eigenvalue weighted by molar-refractivity contribution is -0.122. The molecule has 2 amide bonds. The van der Waals surface area contributed by atoms with E-state index in [1.807, 2.05) is 24.3 Å². The molecule has 0 saturated carbocycles. The van der Waals surface area contributed by atoms with E-state index in [4.69, 9.17) is 4.74 Å². The molecule has 0 saturated heterocycles. The molecule has 3 aromatic rings. The van der Waals surface area contributed by atoms with Crippen molar-refractivity contribution in [3.63, 3.8) is 0 Å². The van der Waals surface area contributed by atoms with Gasteiger partial charge in [-0.2, -0.15) is 0 Å². The quantitative estimate of drug-likeness (QED) is 0.513. The molecule has 1 aromatic heterocycles. The number of amides is 2. The van der Waals surface area contributed by atoms with E-state index in [-0.39, 0.29) is 11.8 Å². The topological polar surface area (TPSA) is 126 Å². The average molecular weight is 467 g/mol. The van der Waals surface area contributed by atoms with Gasteiger partial charge in [0.1, 0.15) is 0 Å². The molecular weight excluding hydrogens is 444 g/mol. The maximum Gasteiger partial charge on any atom is 0.265 e. The standard InChI is InChI=1S/C23H22N4O5S/c1-14(28)25-16-6-3-5-15(11-16)19-9-10-24-23-20(19)13-21(32-23)22(29)26-17-7-4-8-18(12-17)27-33(2,30)31/h3-12,21,27H,13H2,1-2H3,(H,25,28)(H,26,29). The number of aromatic nitrogens is 1. The normalized spacial score (nSPS) is 14.7. The lowest BCUT2D eigenvalue weighted by Gasteiger charge is -2.12. The fourth-order valence-electron chi connectivity index (χ4n) is 3.62. The first-order valence-corrected chi connectivity index (χ1v) is 12.0. The molecule has 1 atom stereocenters. The summed E-state index contributed by atoms with van der Waals surface area (Å²) in [4.78, 5) is 28.5. The number of benzene rings is 2. The zero-order chi connectivity index (χ0) is 23.6. The van der Waals surface area contributed by atoms with E-state index in [1.54, 1.807) is 30.5 Å². The molecule has 0 radical (unpaired) electrons. The van der Waals surface area contributed by atoms with E-state index < -0.39 is 16.1 Å². The lowest BCUT2D eigenvalue weighted by atomic mass is 9.98. The van der Waals surface area contributed by atoms with Crippen LogP contribution in [0.4, 0.5) is 17.1 Å². The first-order valence-electron chi connectivity index (χ1n) is 10.1. The molecule has 3 N–H and O–H groups in total. The summed E-state index contributed by atoms with van der Waals surface area (Å²) in [6, 6.07) is 15.6. The second-order valence-electron chi connectivity index (χ2n) is 7.66. The Hall–Kier alpha value is -3.92. The number of carbonyl (C=O) groups is 2. The Morgan fingerprint density at radius 1 is 1.00 bits per heavy atom. The highest BCUT2D eigenvalue weighted by Crippen LogP contribution is 2.36. The van der Waals surface area contributed by atoms with Gasteiger partial charge in [-0.3, -0.25) is 14.3 Å². The van der Waals surface area contributed by atoms with Crippen LogP contribution in [0.5, 0.6) is 5.88 Å². The van der Waals surface area contributed by atoms with Gasteiger partial charge in [0.25, 0.3) is 5.91 Å². The number of nitrogens with one attached hydrogen (secondary N) is 3. The Balaban J connectivity index is 1.52. The second kappa shape index (κ2) is 8.91. The van der Waals surface area contributed by atoms with E-state index in [0.29, 0.717) is 29.4 Å².